The number of quaternary nitrogens is 1. The van der Waals surface area contributed by atoms with Crippen molar-refractivity contribution in [1.29, 1.82) is 0 Å². The summed E-state index contributed by atoms with van der Waals surface area (Å²) in [4.78, 5) is 37.0. The van der Waals surface area contributed by atoms with Gasteiger partial charge < -0.3 is 28.6 Å². The Kier molecular flexibility index (Phi) is 40.8. The Morgan fingerprint density at radius 1 is 0.448 bits per heavy atom. The van der Waals surface area contributed by atoms with E-state index in [2.05, 4.69) is 13.8 Å². The third kappa shape index (κ3) is 39.8. The van der Waals surface area contributed by atoms with Gasteiger partial charge in [0, 0.05) is 19.3 Å². The zero-order valence-electron chi connectivity index (χ0n) is 39.2. The number of likely N-dealkylation sites (N-methyl/N-ethyl adjacent to an activating group) is 1. The fourth-order valence-electron chi connectivity index (χ4n) is 7.84. The number of carbonyl (C=O) groups excluding carboxylic acids is 3. The Balaban J connectivity index is 4.20. The number of unbranched alkanes of at least 4 members (excludes halogenated alkanes) is 32. The highest BCUT2D eigenvalue weighted by molar-refractivity contribution is 5.70. The minimum Gasteiger partial charge on any atom is -0.544 e. The zero-order chi connectivity index (χ0) is 42.8. The van der Waals surface area contributed by atoms with Crippen LogP contribution < -0.4 is 5.11 Å². The van der Waals surface area contributed by atoms with Gasteiger partial charge in [-0.1, -0.05) is 219 Å². The molecule has 0 spiro atoms. The maximum Gasteiger partial charge on any atom is 0.306 e. The minimum atomic E-state index is -1.12. The third-order valence-electron chi connectivity index (χ3n) is 11.7. The topological polar surface area (TPSA) is 102 Å². The van der Waals surface area contributed by atoms with E-state index in [-0.39, 0.29) is 42.7 Å². The van der Waals surface area contributed by atoms with Crippen molar-refractivity contribution in [3.8, 4) is 0 Å². The number of hydrogen-bond acceptors (Lipinski definition) is 7. The Labute approximate surface area is 359 Å². The van der Waals surface area contributed by atoms with Gasteiger partial charge in [0.25, 0.3) is 0 Å². The molecular weight excluding hydrogens is 727 g/mol. The number of esters is 2. The van der Waals surface area contributed by atoms with E-state index in [0.29, 0.717) is 12.8 Å². The molecule has 8 heteroatoms. The summed E-state index contributed by atoms with van der Waals surface area (Å²) >= 11 is 0. The van der Waals surface area contributed by atoms with Crippen LogP contribution in [0, 0.1) is 0 Å². The van der Waals surface area contributed by atoms with E-state index >= 15 is 0 Å². The smallest absolute Gasteiger partial charge is 0.306 e. The summed E-state index contributed by atoms with van der Waals surface area (Å²) in [6, 6.07) is -0.719. The monoisotopic (exact) mass is 824 g/mol. The van der Waals surface area contributed by atoms with Gasteiger partial charge in [0.1, 0.15) is 12.6 Å². The Morgan fingerprint density at radius 2 is 0.759 bits per heavy atom. The average molecular weight is 824 g/mol. The average Bonchev–Trinajstić information content (AvgIpc) is 3.18. The van der Waals surface area contributed by atoms with Crippen LogP contribution in [0.25, 0.3) is 0 Å². The zero-order valence-corrected chi connectivity index (χ0v) is 39.2. The molecule has 0 aliphatic rings. The molecule has 0 aromatic rings. The van der Waals surface area contributed by atoms with Gasteiger partial charge in [-0.2, -0.15) is 0 Å². The molecule has 8 nitrogen and oxygen atoms in total. The van der Waals surface area contributed by atoms with Gasteiger partial charge in [0.15, 0.2) is 6.10 Å². The Hall–Kier alpha value is -1.67. The molecule has 0 aromatic heterocycles. The number of rotatable bonds is 46. The van der Waals surface area contributed by atoms with Crippen LogP contribution in [0.5, 0.6) is 0 Å². The second-order valence-electron chi connectivity index (χ2n) is 18.4. The largest absolute Gasteiger partial charge is 0.544 e. The maximum atomic E-state index is 12.8. The van der Waals surface area contributed by atoms with E-state index in [0.717, 1.165) is 38.5 Å². The first-order valence-electron chi connectivity index (χ1n) is 25.1. The van der Waals surface area contributed by atoms with Gasteiger partial charge in [0.2, 0.25) is 0 Å². The number of carboxylic acid groups (broad SMARTS) is 1. The molecule has 0 heterocycles. The lowest BCUT2D eigenvalue weighted by molar-refractivity contribution is -0.889. The van der Waals surface area contributed by atoms with Crippen LogP contribution in [0.1, 0.15) is 251 Å². The molecule has 0 saturated carbocycles. The third-order valence-corrected chi connectivity index (χ3v) is 11.7. The van der Waals surface area contributed by atoms with Gasteiger partial charge >= 0.3 is 11.9 Å². The van der Waals surface area contributed by atoms with Crippen LogP contribution >= 0.6 is 0 Å². The van der Waals surface area contributed by atoms with E-state index in [1.807, 2.05) is 21.1 Å². The molecule has 344 valence electrons. The summed E-state index contributed by atoms with van der Waals surface area (Å²) in [7, 11) is 5.43. The first kappa shape index (κ1) is 56.3. The SMILES string of the molecule is CCCCCCCCCCCCCCCCCCCCCC(=O)OC(COCCC(C(=O)[O-])[N+](C)(C)C)COC(=O)CCCCCCCCCCCCCCCCC. The van der Waals surface area contributed by atoms with Crippen molar-refractivity contribution in [2.24, 2.45) is 0 Å². The Bertz CT molecular complexity index is 920. The number of nitrogens with zero attached hydrogens (tertiary/aromatic N) is 1. The molecule has 0 radical (unpaired) electrons. The molecule has 0 amide bonds. The molecule has 0 aliphatic carbocycles. The van der Waals surface area contributed by atoms with E-state index in [1.165, 1.54) is 180 Å². The van der Waals surface area contributed by atoms with Gasteiger partial charge in [-0.15, -0.1) is 0 Å². The molecule has 58 heavy (non-hydrogen) atoms. The van der Waals surface area contributed by atoms with Crippen LogP contribution in [0.4, 0.5) is 0 Å². The van der Waals surface area contributed by atoms with Crippen LogP contribution in [0.2, 0.25) is 0 Å². The molecule has 0 saturated heterocycles. The summed E-state index contributed by atoms with van der Waals surface area (Å²) in [6.07, 6.45) is 44.1. The lowest BCUT2D eigenvalue weighted by Gasteiger charge is -2.34. The van der Waals surface area contributed by atoms with Crippen LogP contribution in [0.3, 0.4) is 0 Å². The predicted molar refractivity (Wildman–Crippen MR) is 241 cm³/mol. The molecule has 0 aliphatic heterocycles. The second-order valence-corrected chi connectivity index (χ2v) is 18.4. The molecule has 0 rings (SSSR count). The van der Waals surface area contributed by atoms with E-state index in [9.17, 15) is 19.5 Å². The van der Waals surface area contributed by atoms with Gasteiger partial charge in [-0.05, 0) is 12.8 Å². The molecular formula is C50H97NO7. The molecule has 0 fully saturated rings. The fraction of sp³-hybridized carbons (Fsp3) is 0.940. The summed E-state index contributed by atoms with van der Waals surface area (Å²) in [6.45, 7) is 4.72. The van der Waals surface area contributed by atoms with E-state index in [1.54, 1.807) is 0 Å². The van der Waals surface area contributed by atoms with Crippen molar-refractivity contribution in [3.05, 3.63) is 0 Å². The molecule has 2 unspecified atom stereocenters. The molecule has 2 atom stereocenters. The molecule has 0 aromatic carbocycles. The molecule has 0 bridgehead atoms. The number of aliphatic carboxylic acids is 1. The summed E-state index contributed by atoms with van der Waals surface area (Å²) < 4.78 is 17.2. The lowest BCUT2D eigenvalue weighted by atomic mass is 10.0. The van der Waals surface area contributed by atoms with Gasteiger partial charge in [-0.3, -0.25) is 9.59 Å². The summed E-state index contributed by atoms with van der Waals surface area (Å²) in [5, 5.41) is 11.6. The minimum absolute atomic E-state index is 0.0497. The van der Waals surface area contributed by atoms with E-state index in [4.69, 9.17) is 14.2 Å². The standard InChI is InChI=1S/C50H97NO7/c1-6-8-10-12-14-16-18-20-22-23-24-25-27-29-31-33-35-37-39-41-49(53)58-46(44-56-43-42-47(50(54)55)51(3,4)5)45-57-48(52)40-38-36-34-32-30-28-26-21-19-17-15-13-11-9-7-2/h46-47H,6-45H2,1-5H3. The highest BCUT2D eigenvalue weighted by Crippen LogP contribution is 2.17. The van der Waals surface area contributed by atoms with Crippen molar-refractivity contribution in [2.45, 2.75) is 264 Å². The number of ether oxygens (including phenoxy) is 3. The number of carbonyl (C=O) groups is 3. The summed E-state index contributed by atoms with van der Waals surface area (Å²) in [5.74, 6) is -1.71. The predicted octanol–water partition coefficient (Wildman–Crippen LogP) is 12.8. The van der Waals surface area contributed by atoms with Crippen LogP contribution in [-0.2, 0) is 28.6 Å². The van der Waals surface area contributed by atoms with E-state index < -0.39 is 18.1 Å². The van der Waals surface area contributed by atoms with Gasteiger partial charge in [0.05, 0.1) is 40.3 Å². The summed E-state index contributed by atoms with van der Waals surface area (Å²) in [5.41, 5.74) is 0. The first-order valence-corrected chi connectivity index (χ1v) is 25.1. The van der Waals surface area contributed by atoms with Gasteiger partial charge in [-0.25, -0.2) is 0 Å². The van der Waals surface area contributed by atoms with Crippen molar-refractivity contribution in [3.63, 3.8) is 0 Å². The number of carboxylic acids is 1. The van der Waals surface area contributed by atoms with Crippen molar-refractivity contribution in [1.82, 2.24) is 0 Å². The highest BCUT2D eigenvalue weighted by Gasteiger charge is 2.25. The van der Waals surface area contributed by atoms with Crippen LogP contribution in [0.15, 0.2) is 0 Å². The fourth-order valence-corrected chi connectivity index (χ4v) is 7.84. The van der Waals surface area contributed by atoms with Crippen molar-refractivity contribution in [2.75, 3.05) is 41.0 Å². The highest BCUT2D eigenvalue weighted by atomic mass is 16.6. The number of hydrogen-bond donors (Lipinski definition) is 0. The molecule has 0 N–H and O–H groups in total. The normalized spacial score (nSPS) is 12.8. The lowest BCUT2D eigenvalue weighted by Crippen LogP contribution is -2.55. The quantitative estimate of drug-likeness (QED) is 0.0342. The van der Waals surface area contributed by atoms with Crippen molar-refractivity contribution < 1.29 is 38.2 Å². The second kappa shape index (κ2) is 42.0. The Morgan fingerprint density at radius 3 is 1.07 bits per heavy atom. The first-order chi connectivity index (χ1) is 28.1. The maximum absolute atomic E-state index is 12.8. The van der Waals surface area contributed by atoms with Crippen LogP contribution in [-0.4, -0.2) is 75.5 Å². The van der Waals surface area contributed by atoms with Crippen molar-refractivity contribution >= 4 is 17.9 Å².